The van der Waals surface area contributed by atoms with Crippen molar-refractivity contribution in [2.75, 3.05) is 0 Å². The molecular formula is C25H15ClFN3O3S. The SMILES string of the molecule is O=[N+]([O-])c1cccc(Oc2nc(Cc3ccc(Cl)cc3)nc3scc(-c4ccc(F)cc4)c23)c1. The summed E-state index contributed by atoms with van der Waals surface area (Å²) in [5.41, 5.74) is 2.46. The maximum atomic E-state index is 13.5. The number of ether oxygens (including phenoxy) is 1. The summed E-state index contributed by atoms with van der Waals surface area (Å²) in [5.74, 6) is 0.749. The van der Waals surface area contributed by atoms with Crippen molar-refractivity contribution in [3.63, 3.8) is 0 Å². The van der Waals surface area contributed by atoms with E-state index in [0.717, 1.165) is 16.7 Å². The molecule has 168 valence electrons. The van der Waals surface area contributed by atoms with Gasteiger partial charge in [0.15, 0.2) is 0 Å². The lowest BCUT2D eigenvalue weighted by atomic mass is 10.1. The van der Waals surface area contributed by atoms with Crippen molar-refractivity contribution in [3.8, 4) is 22.8 Å². The fourth-order valence-corrected chi connectivity index (χ4v) is 4.59. The highest BCUT2D eigenvalue weighted by atomic mass is 35.5. The molecule has 0 aliphatic rings. The van der Waals surface area contributed by atoms with E-state index in [9.17, 15) is 14.5 Å². The van der Waals surface area contributed by atoms with E-state index in [1.54, 1.807) is 36.4 Å². The molecule has 0 N–H and O–H groups in total. The average Bonchev–Trinajstić information content (AvgIpc) is 3.25. The third-order valence-electron chi connectivity index (χ3n) is 5.12. The number of rotatable bonds is 6. The molecule has 0 saturated carbocycles. The van der Waals surface area contributed by atoms with Gasteiger partial charge in [-0.25, -0.2) is 9.37 Å². The molecule has 0 radical (unpaired) electrons. The second kappa shape index (κ2) is 9.17. The minimum Gasteiger partial charge on any atom is -0.438 e. The summed E-state index contributed by atoms with van der Waals surface area (Å²) in [6.07, 6.45) is 0.447. The minimum atomic E-state index is -0.483. The standard InChI is InChI=1S/C25H15ClFN3O3S/c26-17-8-4-15(5-9-17)12-22-28-24(33-20-3-1-2-19(13-20)30(31)32)23-21(14-34-25(23)29-22)16-6-10-18(27)11-7-16/h1-11,13-14H,12H2. The van der Waals surface area contributed by atoms with Crippen LogP contribution in [0.1, 0.15) is 11.4 Å². The first-order valence-corrected chi connectivity index (χ1v) is 11.4. The summed E-state index contributed by atoms with van der Waals surface area (Å²) < 4.78 is 19.6. The minimum absolute atomic E-state index is 0.0896. The molecule has 6 nitrogen and oxygen atoms in total. The van der Waals surface area contributed by atoms with Crippen LogP contribution >= 0.6 is 22.9 Å². The fourth-order valence-electron chi connectivity index (χ4n) is 3.50. The molecule has 34 heavy (non-hydrogen) atoms. The molecule has 0 saturated heterocycles. The van der Waals surface area contributed by atoms with Gasteiger partial charge in [-0.05, 0) is 41.5 Å². The molecule has 5 rings (SSSR count). The third kappa shape index (κ3) is 4.59. The monoisotopic (exact) mass is 491 g/mol. The van der Waals surface area contributed by atoms with E-state index in [1.807, 2.05) is 17.5 Å². The van der Waals surface area contributed by atoms with Crippen molar-refractivity contribution in [3.05, 3.63) is 111 Å². The number of nitro groups is 1. The highest BCUT2D eigenvalue weighted by Crippen LogP contribution is 2.40. The molecule has 2 heterocycles. The summed E-state index contributed by atoms with van der Waals surface area (Å²) in [5, 5.41) is 14.4. The van der Waals surface area contributed by atoms with Crippen molar-refractivity contribution in [1.82, 2.24) is 9.97 Å². The molecule has 0 aliphatic heterocycles. The zero-order chi connectivity index (χ0) is 23.7. The van der Waals surface area contributed by atoms with Gasteiger partial charge in [0, 0.05) is 28.5 Å². The second-order valence-corrected chi connectivity index (χ2v) is 8.74. The van der Waals surface area contributed by atoms with Gasteiger partial charge >= 0.3 is 0 Å². The van der Waals surface area contributed by atoms with E-state index < -0.39 is 4.92 Å². The van der Waals surface area contributed by atoms with Gasteiger partial charge in [-0.15, -0.1) is 11.3 Å². The smallest absolute Gasteiger partial charge is 0.273 e. The summed E-state index contributed by atoms with van der Waals surface area (Å²) in [7, 11) is 0. The van der Waals surface area contributed by atoms with Crippen LogP contribution in [-0.4, -0.2) is 14.9 Å². The lowest BCUT2D eigenvalue weighted by Gasteiger charge is -2.10. The van der Waals surface area contributed by atoms with Gasteiger partial charge in [-0.3, -0.25) is 10.1 Å². The van der Waals surface area contributed by atoms with Crippen molar-refractivity contribution >= 4 is 38.8 Å². The van der Waals surface area contributed by atoms with Gasteiger partial charge in [-0.2, -0.15) is 4.98 Å². The average molecular weight is 492 g/mol. The fraction of sp³-hybridized carbons (Fsp3) is 0.0400. The maximum Gasteiger partial charge on any atom is 0.273 e. The van der Waals surface area contributed by atoms with E-state index in [-0.39, 0.29) is 23.1 Å². The molecule has 0 amide bonds. The van der Waals surface area contributed by atoms with Crippen molar-refractivity contribution in [1.29, 1.82) is 0 Å². The summed E-state index contributed by atoms with van der Waals surface area (Å²) in [6, 6.07) is 19.4. The van der Waals surface area contributed by atoms with E-state index in [1.165, 1.54) is 35.6 Å². The topological polar surface area (TPSA) is 78.2 Å². The molecule has 0 fully saturated rings. The molecule has 0 aliphatic carbocycles. The number of benzene rings is 3. The van der Waals surface area contributed by atoms with Gasteiger partial charge in [0.1, 0.15) is 22.2 Å². The Bertz CT molecular complexity index is 1500. The van der Waals surface area contributed by atoms with Crippen LogP contribution in [-0.2, 0) is 6.42 Å². The van der Waals surface area contributed by atoms with E-state index in [0.29, 0.717) is 27.5 Å². The van der Waals surface area contributed by atoms with Gasteiger partial charge in [0.05, 0.1) is 16.4 Å². The Hall–Kier alpha value is -3.88. The van der Waals surface area contributed by atoms with Crippen LogP contribution < -0.4 is 4.74 Å². The van der Waals surface area contributed by atoms with Gasteiger partial charge in [-0.1, -0.05) is 41.9 Å². The van der Waals surface area contributed by atoms with Crippen LogP contribution in [0.5, 0.6) is 11.6 Å². The zero-order valence-electron chi connectivity index (χ0n) is 17.4. The normalized spacial score (nSPS) is 11.0. The van der Waals surface area contributed by atoms with Gasteiger partial charge in [0.2, 0.25) is 5.88 Å². The first-order chi connectivity index (χ1) is 16.5. The molecule has 5 aromatic rings. The lowest BCUT2D eigenvalue weighted by molar-refractivity contribution is -0.384. The molecule has 3 aromatic carbocycles. The highest BCUT2D eigenvalue weighted by Gasteiger charge is 2.18. The number of non-ortho nitro benzene ring substituents is 1. The lowest BCUT2D eigenvalue weighted by Crippen LogP contribution is -2.00. The first-order valence-electron chi connectivity index (χ1n) is 10.2. The molecule has 0 spiro atoms. The van der Waals surface area contributed by atoms with Crippen LogP contribution in [0.2, 0.25) is 5.02 Å². The molecule has 2 aromatic heterocycles. The van der Waals surface area contributed by atoms with Crippen molar-refractivity contribution < 1.29 is 14.1 Å². The Morgan fingerprint density at radius 3 is 2.53 bits per heavy atom. The number of hydrogen-bond donors (Lipinski definition) is 0. The van der Waals surface area contributed by atoms with Gasteiger partial charge < -0.3 is 4.74 Å². The van der Waals surface area contributed by atoms with E-state index in [4.69, 9.17) is 21.3 Å². The van der Waals surface area contributed by atoms with Gasteiger partial charge in [0.25, 0.3) is 5.69 Å². The quantitative estimate of drug-likeness (QED) is 0.182. The van der Waals surface area contributed by atoms with Crippen LogP contribution in [0.25, 0.3) is 21.3 Å². The third-order valence-corrected chi connectivity index (χ3v) is 6.24. The predicted molar refractivity (Wildman–Crippen MR) is 130 cm³/mol. The van der Waals surface area contributed by atoms with Crippen molar-refractivity contribution in [2.45, 2.75) is 6.42 Å². The number of nitro benzene ring substituents is 1. The van der Waals surface area contributed by atoms with Crippen LogP contribution in [0.4, 0.5) is 10.1 Å². The summed E-state index contributed by atoms with van der Waals surface area (Å²) >= 11 is 7.41. The molecule has 0 bridgehead atoms. The Morgan fingerprint density at radius 2 is 1.79 bits per heavy atom. The Morgan fingerprint density at radius 1 is 1.03 bits per heavy atom. The highest BCUT2D eigenvalue weighted by molar-refractivity contribution is 7.17. The number of halogens is 2. The maximum absolute atomic E-state index is 13.5. The number of thiophene rings is 1. The number of aromatic nitrogens is 2. The zero-order valence-corrected chi connectivity index (χ0v) is 19.0. The van der Waals surface area contributed by atoms with Crippen LogP contribution in [0, 0.1) is 15.9 Å². The second-order valence-electron chi connectivity index (χ2n) is 7.44. The summed E-state index contributed by atoms with van der Waals surface area (Å²) in [6.45, 7) is 0. The first kappa shape index (κ1) is 21.9. The summed E-state index contributed by atoms with van der Waals surface area (Å²) in [4.78, 5) is 20.8. The molecule has 0 atom stereocenters. The van der Waals surface area contributed by atoms with Crippen LogP contribution in [0.15, 0.2) is 78.2 Å². The van der Waals surface area contributed by atoms with E-state index in [2.05, 4.69) is 4.98 Å². The molecule has 0 unspecified atom stereocenters. The largest absolute Gasteiger partial charge is 0.438 e. The Kier molecular flexibility index (Phi) is 5.91. The predicted octanol–water partition coefficient (Wildman–Crippen LogP) is 7.44. The Labute approximate surface area is 202 Å². The molecule has 9 heteroatoms. The van der Waals surface area contributed by atoms with Crippen molar-refractivity contribution in [2.24, 2.45) is 0 Å². The number of fused-ring (bicyclic) bond motifs is 1. The molecular weight excluding hydrogens is 477 g/mol. The number of hydrogen-bond acceptors (Lipinski definition) is 6. The van der Waals surface area contributed by atoms with E-state index >= 15 is 0 Å². The van der Waals surface area contributed by atoms with Crippen LogP contribution in [0.3, 0.4) is 0 Å². The number of nitrogens with zero attached hydrogens (tertiary/aromatic N) is 3. The Balaban J connectivity index is 1.62.